The van der Waals surface area contributed by atoms with E-state index in [-0.39, 0.29) is 0 Å². The molecule has 3 nitrogen and oxygen atoms in total. The first-order chi connectivity index (χ1) is 6.84. The number of thiophene rings is 1. The van der Waals surface area contributed by atoms with Crippen molar-refractivity contribution in [3.63, 3.8) is 0 Å². The molecule has 14 heavy (non-hydrogen) atoms. The molecular formula is C9H11N3S2. The van der Waals surface area contributed by atoms with Crippen LogP contribution in [0.2, 0.25) is 0 Å². The summed E-state index contributed by atoms with van der Waals surface area (Å²) in [4.78, 5) is 6.98. The molecule has 5 heteroatoms. The Balaban J connectivity index is 2.22. The summed E-state index contributed by atoms with van der Waals surface area (Å²) in [7, 11) is 0. The molecule has 0 atom stereocenters. The number of nitrogens with zero attached hydrogens (tertiary/aromatic N) is 1. The molecule has 3 rings (SSSR count). The van der Waals surface area contributed by atoms with E-state index in [1.54, 1.807) is 11.3 Å². The number of fused-ring (bicyclic) bond motifs is 3. The highest BCUT2D eigenvalue weighted by Crippen LogP contribution is 2.37. The van der Waals surface area contributed by atoms with E-state index in [0.717, 1.165) is 30.8 Å². The number of hydrogen-bond donors (Lipinski definition) is 2. The number of aromatic nitrogens is 1. The Morgan fingerprint density at radius 1 is 1.21 bits per heavy atom. The first-order valence-electron chi connectivity index (χ1n) is 4.72. The third kappa shape index (κ3) is 1.24. The number of anilines is 1. The molecule has 2 aromatic heterocycles. The summed E-state index contributed by atoms with van der Waals surface area (Å²) in [6.07, 6.45) is 2.26. The maximum absolute atomic E-state index is 5.71. The molecule has 0 aromatic carbocycles. The van der Waals surface area contributed by atoms with Crippen molar-refractivity contribution in [2.24, 2.45) is 0 Å². The van der Waals surface area contributed by atoms with Crippen LogP contribution in [0.1, 0.15) is 10.4 Å². The van der Waals surface area contributed by atoms with Gasteiger partial charge >= 0.3 is 0 Å². The topological polar surface area (TPSA) is 50.9 Å². The van der Waals surface area contributed by atoms with Crippen LogP contribution in [0.3, 0.4) is 0 Å². The Bertz CT molecular complexity index is 472. The fourth-order valence-electron chi connectivity index (χ4n) is 1.88. The zero-order valence-corrected chi connectivity index (χ0v) is 9.30. The first kappa shape index (κ1) is 8.64. The van der Waals surface area contributed by atoms with Gasteiger partial charge in [0.25, 0.3) is 0 Å². The summed E-state index contributed by atoms with van der Waals surface area (Å²) in [5.41, 5.74) is 7.20. The molecule has 0 unspecified atom stereocenters. The number of nitrogen functional groups attached to an aromatic ring is 1. The van der Waals surface area contributed by atoms with Gasteiger partial charge in [-0.2, -0.15) is 0 Å². The molecule has 0 spiro atoms. The summed E-state index contributed by atoms with van der Waals surface area (Å²) in [5, 5.41) is 4.11. The minimum Gasteiger partial charge on any atom is -0.375 e. The van der Waals surface area contributed by atoms with Crippen molar-refractivity contribution in [2.45, 2.75) is 12.8 Å². The minimum absolute atomic E-state index is 0.700. The molecular weight excluding hydrogens is 214 g/mol. The Labute approximate surface area is 90.0 Å². The maximum atomic E-state index is 5.71. The zero-order valence-electron chi connectivity index (χ0n) is 7.67. The lowest BCUT2D eigenvalue weighted by Crippen LogP contribution is -2.16. The summed E-state index contributed by atoms with van der Waals surface area (Å²) in [6.45, 7) is 2.17. The SMILES string of the molecule is Nc1nc2sc3c(c2s1)CCNCC3. The quantitative estimate of drug-likeness (QED) is 0.716. The number of thiazole rings is 1. The molecule has 3 heterocycles. The van der Waals surface area contributed by atoms with Crippen molar-refractivity contribution in [3.05, 3.63) is 10.4 Å². The van der Waals surface area contributed by atoms with Crippen LogP contribution in [0.25, 0.3) is 9.53 Å². The second kappa shape index (κ2) is 3.18. The van der Waals surface area contributed by atoms with Crippen LogP contribution in [0.5, 0.6) is 0 Å². The molecule has 0 bridgehead atoms. The lowest BCUT2D eigenvalue weighted by Gasteiger charge is -1.94. The van der Waals surface area contributed by atoms with Gasteiger partial charge in [-0.3, -0.25) is 0 Å². The molecule has 0 aliphatic carbocycles. The van der Waals surface area contributed by atoms with E-state index in [4.69, 9.17) is 5.73 Å². The number of nitrogens with one attached hydrogen (secondary N) is 1. The van der Waals surface area contributed by atoms with E-state index < -0.39 is 0 Å². The molecule has 2 aromatic rings. The molecule has 3 N–H and O–H groups in total. The van der Waals surface area contributed by atoms with Gasteiger partial charge < -0.3 is 11.1 Å². The first-order valence-corrected chi connectivity index (χ1v) is 6.35. The smallest absolute Gasteiger partial charge is 0.181 e. The number of hydrogen-bond acceptors (Lipinski definition) is 5. The normalized spacial score (nSPS) is 16.9. The van der Waals surface area contributed by atoms with E-state index in [1.807, 2.05) is 11.3 Å². The van der Waals surface area contributed by atoms with Crippen molar-refractivity contribution in [3.8, 4) is 0 Å². The van der Waals surface area contributed by atoms with E-state index in [9.17, 15) is 0 Å². The van der Waals surface area contributed by atoms with Crippen LogP contribution in [-0.2, 0) is 12.8 Å². The summed E-state index contributed by atoms with van der Waals surface area (Å²) < 4.78 is 1.33. The third-order valence-corrected chi connectivity index (χ3v) is 4.78. The van der Waals surface area contributed by atoms with Crippen LogP contribution in [0.15, 0.2) is 0 Å². The van der Waals surface area contributed by atoms with Crippen molar-refractivity contribution in [2.75, 3.05) is 18.8 Å². The van der Waals surface area contributed by atoms with Crippen LogP contribution >= 0.6 is 22.7 Å². The van der Waals surface area contributed by atoms with Crippen LogP contribution in [0, 0.1) is 0 Å². The van der Waals surface area contributed by atoms with E-state index in [0.29, 0.717) is 5.13 Å². The van der Waals surface area contributed by atoms with Crippen LogP contribution < -0.4 is 11.1 Å². The predicted molar refractivity (Wildman–Crippen MR) is 62.2 cm³/mol. The molecule has 1 aliphatic rings. The Kier molecular flexibility index (Phi) is 1.97. The van der Waals surface area contributed by atoms with Crippen molar-refractivity contribution in [1.29, 1.82) is 0 Å². The van der Waals surface area contributed by atoms with Gasteiger partial charge in [-0.05, 0) is 31.5 Å². The lowest BCUT2D eigenvalue weighted by atomic mass is 10.2. The number of rotatable bonds is 0. The Hall–Kier alpha value is -0.650. The second-order valence-electron chi connectivity index (χ2n) is 3.44. The average Bonchev–Trinajstić information content (AvgIpc) is 2.55. The van der Waals surface area contributed by atoms with Gasteiger partial charge in [0.1, 0.15) is 4.83 Å². The summed E-state index contributed by atoms with van der Waals surface area (Å²) in [6, 6.07) is 0. The summed E-state index contributed by atoms with van der Waals surface area (Å²) in [5.74, 6) is 0. The Morgan fingerprint density at radius 2 is 2.07 bits per heavy atom. The summed E-state index contributed by atoms with van der Waals surface area (Å²) >= 11 is 3.45. The second-order valence-corrected chi connectivity index (χ2v) is 5.55. The van der Waals surface area contributed by atoms with E-state index in [1.165, 1.54) is 15.1 Å². The third-order valence-electron chi connectivity index (χ3n) is 2.52. The predicted octanol–water partition coefficient (Wildman–Crippen LogP) is 1.63. The van der Waals surface area contributed by atoms with E-state index in [2.05, 4.69) is 10.3 Å². The molecule has 0 radical (unpaired) electrons. The lowest BCUT2D eigenvalue weighted by molar-refractivity contribution is 0.712. The van der Waals surface area contributed by atoms with Crippen molar-refractivity contribution >= 4 is 37.3 Å². The minimum atomic E-state index is 0.700. The molecule has 1 aliphatic heterocycles. The van der Waals surface area contributed by atoms with Crippen LogP contribution in [0.4, 0.5) is 5.13 Å². The molecule has 74 valence electrons. The highest BCUT2D eigenvalue weighted by atomic mass is 32.1. The molecule has 0 saturated heterocycles. The number of nitrogens with two attached hydrogens (primary N) is 1. The van der Waals surface area contributed by atoms with Gasteiger partial charge in [0.05, 0.1) is 4.70 Å². The van der Waals surface area contributed by atoms with E-state index >= 15 is 0 Å². The fraction of sp³-hybridized carbons (Fsp3) is 0.444. The van der Waals surface area contributed by atoms with Gasteiger partial charge in [0.2, 0.25) is 0 Å². The largest absolute Gasteiger partial charge is 0.375 e. The van der Waals surface area contributed by atoms with Gasteiger partial charge in [0.15, 0.2) is 5.13 Å². The van der Waals surface area contributed by atoms with Gasteiger partial charge in [-0.25, -0.2) is 4.98 Å². The molecule has 0 fully saturated rings. The average molecular weight is 225 g/mol. The zero-order chi connectivity index (χ0) is 9.54. The highest BCUT2D eigenvalue weighted by molar-refractivity contribution is 7.29. The molecule has 0 amide bonds. The van der Waals surface area contributed by atoms with Gasteiger partial charge in [-0.1, -0.05) is 11.3 Å². The van der Waals surface area contributed by atoms with Gasteiger partial charge in [0, 0.05) is 4.88 Å². The van der Waals surface area contributed by atoms with Crippen molar-refractivity contribution < 1.29 is 0 Å². The maximum Gasteiger partial charge on any atom is 0.181 e. The monoisotopic (exact) mass is 225 g/mol. The standard InChI is InChI=1S/C9H11N3S2/c10-9-12-8-7(14-9)5-1-3-11-4-2-6(5)13-8/h11H,1-4H2,(H2,10,12). The fourth-order valence-corrected chi connectivity index (χ4v) is 4.21. The van der Waals surface area contributed by atoms with Gasteiger partial charge in [-0.15, -0.1) is 11.3 Å². The Morgan fingerprint density at radius 3 is 3.00 bits per heavy atom. The molecule has 0 saturated carbocycles. The van der Waals surface area contributed by atoms with Crippen LogP contribution in [-0.4, -0.2) is 18.1 Å². The van der Waals surface area contributed by atoms with Crippen molar-refractivity contribution in [1.82, 2.24) is 10.3 Å². The highest BCUT2D eigenvalue weighted by Gasteiger charge is 2.17.